The van der Waals surface area contributed by atoms with Crippen molar-refractivity contribution in [3.63, 3.8) is 0 Å². The normalized spacial score (nSPS) is 11.5. The average molecular weight is 296 g/mol. The molecule has 90 valence electrons. The molecule has 1 unspecified atom stereocenters. The van der Waals surface area contributed by atoms with Crippen LogP contribution in [0, 0.1) is 11.3 Å². The number of urea groups is 1. The lowest BCUT2D eigenvalue weighted by Crippen LogP contribution is -2.27. The first-order valence-electron chi connectivity index (χ1n) is 5.13. The maximum absolute atomic E-state index is 11.6. The first-order valence-corrected chi connectivity index (χ1v) is 5.92. The fraction of sp³-hybridized carbons (Fsp3) is 0.333. The van der Waals surface area contributed by atoms with Crippen LogP contribution in [0.15, 0.2) is 22.7 Å². The maximum atomic E-state index is 11.6. The number of nitrogens with zero attached hydrogens (tertiary/aromatic N) is 2. The van der Waals surface area contributed by atoms with Gasteiger partial charge in [0, 0.05) is 24.3 Å². The highest BCUT2D eigenvalue weighted by Gasteiger charge is 2.13. The minimum Gasteiger partial charge on any atom is -0.331 e. The highest BCUT2D eigenvalue weighted by Crippen LogP contribution is 2.27. The van der Waals surface area contributed by atoms with Crippen molar-refractivity contribution in [2.45, 2.75) is 12.8 Å². The molecule has 1 aromatic rings. The molecule has 2 amide bonds. The summed E-state index contributed by atoms with van der Waals surface area (Å²) in [6.45, 7) is 1.80. The zero-order chi connectivity index (χ0) is 13.0. The molecule has 0 spiro atoms. The summed E-state index contributed by atoms with van der Waals surface area (Å²) < 4.78 is 0.862. The molecule has 0 bridgehead atoms. The molecule has 0 radical (unpaired) electrons. The largest absolute Gasteiger partial charge is 0.331 e. The molecule has 17 heavy (non-hydrogen) atoms. The first kappa shape index (κ1) is 13.5. The third-order valence-corrected chi connectivity index (χ3v) is 2.82. The van der Waals surface area contributed by atoms with Gasteiger partial charge in [0.1, 0.15) is 0 Å². The fourth-order valence-corrected chi connectivity index (χ4v) is 1.67. The van der Waals surface area contributed by atoms with Crippen molar-refractivity contribution < 1.29 is 4.79 Å². The predicted molar refractivity (Wildman–Crippen MR) is 70.9 cm³/mol. The van der Waals surface area contributed by atoms with Gasteiger partial charge in [0.25, 0.3) is 0 Å². The summed E-state index contributed by atoms with van der Waals surface area (Å²) in [7, 11) is 3.33. The highest BCUT2D eigenvalue weighted by molar-refractivity contribution is 9.10. The Morgan fingerprint density at radius 3 is 2.71 bits per heavy atom. The minimum atomic E-state index is -0.263. The monoisotopic (exact) mass is 295 g/mol. The van der Waals surface area contributed by atoms with Crippen LogP contribution in [0.1, 0.15) is 18.4 Å². The third-order valence-electron chi connectivity index (χ3n) is 2.32. The van der Waals surface area contributed by atoms with Gasteiger partial charge in [-0.3, -0.25) is 0 Å². The molecule has 4 nitrogen and oxygen atoms in total. The maximum Gasteiger partial charge on any atom is 0.321 e. The lowest BCUT2D eigenvalue weighted by molar-refractivity contribution is 0.230. The van der Waals surface area contributed by atoms with E-state index < -0.39 is 0 Å². The van der Waals surface area contributed by atoms with Crippen molar-refractivity contribution in [2.75, 3.05) is 19.4 Å². The number of hydrogen-bond donors (Lipinski definition) is 1. The van der Waals surface area contributed by atoms with Crippen LogP contribution in [-0.2, 0) is 0 Å². The predicted octanol–water partition coefficient (Wildman–Crippen LogP) is 3.17. The second-order valence-corrected chi connectivity index (χ2v) is 4.82. The molecule has 5 heteroatoms. The SMILES string of the molecule is CC(C#N)c1ccc(Br)cc1NC(=O)N(C)C. The quantitative estimate of drug-likeness (QED) is 0.911. The van der Waals surface area contributed by atoms with Gasteiger partial charge in [-0.15, -0.1) is 0 Å². The number of carbonyl (C=O) groups excluding carboxylic acids is 1. The summed E-state index contributed by atoms with van der Waals surface area (Å²) in [4.78, 5) is 13.0. The van der Waals surface area contributed by atoms with Crippen LogP contribution in [-0.4, -0.2) is 25.0 Å². The number of carbonyl (C=O) groups is 1. The van der Waals surface area contributed by atoms with E-state index in [4.69, 9.17) is 5.26 Å². The van der Waals surface area contributed by atoms with Crippen LogP contribution < -0.4 is 5.32 Å². The number of amides is 2. The summed E-state index contributed by atoms with van der Waals surface area (Å²) in [5, 5.41) is 11.7. The lowest BCUT2D eigenvalue weighted by atomic mass is 10.0. The number of hydrogen-bond acceptors (Lipinski definition) is 2. The second-order valence-electron chi connectivity index (χ2n) is 3.91. The Kier molecular flexibility index (Phi) is 4.53. The van der Waals surface area contributed by atoms with E-state index in [9.17, 15) is 4.79 Å². The molecule has 1 atom stereocenters. The summed E-state index contributed by atoms with van der Waals surface area (Å²) in [6.07, 6.45) is 0. The molecule has 0 aliphatic heterocycles. The lowest BCUT2D eigenvalue weighted by Gasteiger charge is -2.16. The molecule has 0 heterocycles. The Balaban J connectivity index is 3.08. The molecule has 1 rings (SSSR count). The van der Waals surface area contributed by atoms with E-state index in [-0.39, 0.29) is 11.9 Å². The van der Waals surface area contributed by atoms with E-state index in [0.29, 0.717) is 5.69 Å². The van der Waals surface area contributed by atoms with Crippen molar-refractivity contribution in [3.05, 3.63) is 28.2 Å². The molecule has 0 saturated heterocycles. The van der Waals surface area contributed by atoms with Crippen LogP contribution in [0.4, 0.5) is 10.5 Å². The van der Waals surface area contributed by atoms with Gasteiger partial charge in [0.05, 0.1) is 12.0 Å². The van der Waals surface area contributed by atoms with Crippen molar-refractivity contribution in [1.29, 1.82) is 5.26 Å². The molecular formula is C12H14BrN3O. The molecule has 0 fully saturated rings. The summed E-state index contributed by atoms with van der Waals surface area (Å²) in [6, 6.07) is 7.44. The molecule has 1 N–H and O–H groups in total. The van der Waals surface area contributed by atoms with Gasteiger partial charge in [0.2, 0.25) is 0 Å². The molecule has 0 aromatic heterocycles. The van der Waals surface area contributed by atoms with E-state index in [1.54, 1.807) is 27.1 Å². The topological polar surface area (TPSA) is 56.1 Å². The van der Waals surface area contributed by atoms with Crippen molar-refractivity contribution in [1.82, 2.24) is 4.90 Å². The number of anilines is 1. The van der Waals surface area contributed by atoms with E-state index in [2.05, 4.69) is 27.3 Å². The number of halogens is 1. The molecule has 0 aliphatic rings. The van der Waals surface area contributed by atoms with Crippen LogP contribution >= 0.6 is 15.9 Å². The summed E-state index contributed by atoms with van der Waals surface area (Å²) in [5.41, 5.74) is 1.47. The van der Waals surface area contributed by atoms with Gasteiger partial charge >= 0.3 is 6.03 Å². The molecular weight excluding hydrogens is 282 g/mol. The van der Waals surface area contributed by atoms with Crippen LogP contribution in [0.2, 0.25) is 0 Å². The number of nitrogens with one attached hydrogen (secondary N) is 1. The first-order chi connectivity index (χ1) is 7.95. The van der Waals surface area contributed by atoms with Gasteiger partial charge in [-0.1, -0.05) is 22.0 Å². The number of benzene rings is 1. The molecule has 0 saturated carbocycles. The summed E-state index contributed by atoms with van der Waals surface area (Å²) >= 11 is 3.35. The van der Waals surface area contributed by atoms with Crippen LogP contribution in [0.5, 0.6) is 0 Å². The average Bonchev–Trinajstić information content (AvgIpc) is 2.28. The van der Waals surface area contributed by atoms with E-state index in [1.807, 2.05) is 12.1 Å². The Labute approximate surface area is 109 Å². The Morgan fingerprint density at radius 1 is 1.53 bits per heavy atom. The van der Waals surface area contributed by atoms with Gasteiger partial charge in [0.15, 0.2) is 0 Å². The smallest absolute Gasteiger partial charge is 0.321 e. The fourth-order valence-electron chi connectivity index (χ4n) is 1.31. The molecule has 1 aromatic carbocycles. The Morgan fingerprint density at radius 2 is 2.18 bits per heavy atom. The van der Waals surface area contributed by atoms with Crippen LogP contribution in [0.25, 0.3) is 0 Å². The van der Waals surface area contributed by atoms with E-state index >= 15 is 0 Å². The van der Waals surface area contributed by atoms with Gasteiger partial charge in [-0.2, -0.15) is 5.26 Å². The Bertz CT molecular complexity index is 465. The van der Waals surface area contributed by atoms with E-state index in [0.717, 1.165) is 10.0 Å². The second kappa shape index (κ2) is 5.69. The number of nitriles is 1. The Hall–Kier alpha value is -1.54. The van der Waals surface area contributed by atoms with Gasteiger partial charge < -0.3 is 10.2 Å². The summed E-state index contributed by atoms with van der Waals surface area (Å²) in [5.74, 6) is -0.263. The standard InChI is InChI=1S/C12H14BrN3O/c1-8(7-14)10-5-4-9(13)6-11(10)15-12(17)16(2)3/h4-6,8H,1-3H3,(H,15,17). The van der Waals surface area contributed by atoms with Crippen molar-refractivity contribution >= 4 is 27.6 Å². The van der Waals surface area contributed by atoms with Crippen LogP contribution in [0.3, 0.4) is 0 Å². The zero-order valence-corrected chi connectivity index (χ0v) is 11.6. The van der Waals surface area contributed by atoms with E-state index in [1.165, 1.54) is 4.90 Å². The van der Waals surface area contributed by atoms with Crippen molar-refractivity contribution in [2.24, 2.45) is 0 Å². The van der Waals surface area contributed by atoms with Gasteiger partial charge in [-0.05, 0) is 24.6 Å². The third kappa shape index (κ3) is 3.46. The zero-order valence-electron chi connectivity index (χ0n) is 9.99. The minimum absolute atomic E-state index is 0.213. The highest BCUT2D eigenvalue weighted by atomic mass is 79.9. The molecule has 0 aliphatic carbocycles. The van der Waals surface area contributed by atoms with Gasteiger partial charge in [-0.25, -0.2) is 4.79 Å². The van der Waals surface area contributed by atoms with Crippen molar-refractivity contribution in [3.8, 4) is 6.07 Å². The number of rotatable bonds is 2.